The molecular weight excluding hydrogens is 435 g/mol. The van der Waals surface area contributed by atoms with Crippen molar-refractivity contribution >= 4 is 17.4 Å². The molecule has 4 rings (SSSR count). The average molecular weight is 463 g/mol. The number of ether oxygens (including phenoxy) is 2. The minimum atomic E-state index is -0.548. The van der Waals surface area contributed by atoms with Crippen LogP contribution < -0.4 is 10.1 Å². The summed E-state index contributed by atoms with van der Waals surface area (Å²) in [7, 11) is 1.78. The van der Waals surface area contributed by atoms with Gasteiger partial charge in [-0.05, 0) is 48.4 Å². The van der Waals surface area contributed by atoms with Crippen LogP contribution in [0.25, 0.3) is 0 Å². The van der Waals surface area contributed by atoms with Gasteiger partial charge in [-0.3, -0.25) is 4.79 Å². The molecule has 1 N–H and O–H groups in total. The lowest BCUT2D eigenvalue weighted by Crippen LogP contribution is -2.47. The molecule has 0 aliphatic carbocycles. The van der Waals surface area contributed by atoms with Gasteiger partial charge in [-0.15, -0.1) is 0 Å². The zero-order valence-corrected chi connectivity index (χ0v) is 19.4. The number of nitrogens with zero attached hydrogens (tertiary/aromatic N) is 3. The first-order valence-electron chi connectivity index (χ1n) is 11.1. The van der Waals surface area contributed by atoms with Crippen LogP contribution in [0.4, 0.5) is 15.9 Å². The van der Waals surface area contributed by atoms with Gasteiger partial charge in [0.1, 0.15) is 24.2 Å². The molecule has 1 saturated heterocycles. The number of rotatable bonds is 6. The lowest BCUT2D eigenvalue weighted by atomic mass is 10.0. The molecule has 0 bridgehead atoms. The SMILES string of the molecule is CC.CN1C(=O)COCC1Cc1ccc(Oc2ccc(Nc3ncccc3C#N)cc2F)cc1. The van der Waals surface area contributed by atoms with Crippen LogP contribution in [-0.2, 0) is 16.0 Å². The topological polar surface area (TPSA) is 87.5 Å². The highest BCUT2D eigenvalue weighted by atomic mass is 19.1. The number of amides is 1. The molecular formula is C26H27FN4O3. The number of morpholine rings is 1. The van der Waals surface area contributed by atoms with E-state index in [0.29, 0.717) is 35.8 Å². The number of nitrogens with one attached hydrogen (secondary N) is 1. The van der Waals surface area contributed by atoms with E-state index < -0.39 is 5.82 Å². The van der Waals surface area contributed by atoms with Crippen LogP contribution >= 0.6 is 0 Å². The maximum absolute atomic E-state index is 14.6. The summed E-state index contributed by atoms with van der Waals surface area (Å²) >= 11 is 0. The molecule has 1 aromatic heterocycles. The summed E-state index contributed by atoms with van der Waals surface area (Å²) in [5.74, 6) is 0.355. The van der Waals surface area contributed by atoms with Gasteiger partial charge in [0.05, 0.1) is 18.2 Å². The van der Waals surface area contributed by atoms with E-state index in [-0.39, 0.29) is 24.3 Å². The summed E-state index contributed by atoms with van der Waals surface area (Å²) in [6.45, 7) is 4.63. The van der Waals surface area contributed by atoms with Gasteiger partial charge in [0.2, 0.25) is 5.91 Å². The number of carbonyl (C=O) groups excluding carboxylic acids is 1. The second kappa shape index (κ2) is 11.8. The molecule has 176 valence electrons. The average Bonchev–Trinajstić information content (AvgIpc) is 2.86. The summed E-state index contributed by atoms with van der Waals surface area (Å²) in [6.07, 6.45) is 2.22. The van der Waals surface area contributed by atoms with Crippen LogP contribution in [0.1, 0.15) is 25.0 Å². The van der Waals surface area contributed by atoms with Gasteiger partial charge in [0.25, 0.3) is 0 Å². The number of halogens is 1. The van der Waals surface area contributed by atoms with Gasteiger partial charge >= 0.3 is 0 Å². The van der Waals surface area contributed by atoms with Gasteiger partial charge in [0, 0.05) is 25.0 Å². The Hall–Kier alpha value is -3.96. The Kier molecular flexibility index (Phi) is 8.54. The molecule has 1 aliphatic heterocycles. The Labute approximate surface area is 198 Å². The van der Waals surface area contributed by atoms with E-state index in [4.69, 9.17) is 14.7 Å². The lowest BCUT2D eigenvalue weighted by molar-refractivity contribution is -0.145. The fourth-order valence-electron chi connectivity index (χ4n) is 3.38. The van der Waals surface area contributed by atoms with E-state index >= 15 is 0 Å². The number of likely N-dealkylation sites (N-methyl/N-ethyl adjacent to an activating group) is 1. The van der Waals surface area contributed by atoms with Crippen LogP contribution in [0.2, 0.25) is 0 Å². The van der Waals surface area contributed by atoms with E-state index in [0.717, 1.165) is 5.56 Å². The van der Waals surface area contributed by atoms with Gasteiger partial charge < -0.3 is 19.7 Å². The van der Waals surface area contributed by atoms with Crippen molar-refractivity contribution in [3.63, 3.8) is 0 Å². The summed E-state index contributed by atoms with van der Waals surface area (Å²) in [6, 6.07) is 17.1. The van der Waals surface area contributed by atoms with Crippen molar-refractivity contribution in [3.05, 3.63) is 77.7 Å². The zero-order chi connectivity index (χ0) is 24.5. The minimum Gasteiger partial charge on any atom is -0.454 e. The van der Waals surface area contributed by atoms with Gasteiger partial charge in [0.15, 0.2) is 11.6 Å². The van der Waals surface area contributed by atoms with E-state index in [9.17, 15) is 9.18 Å². The molecule has 2 heterocycles. The number of aromatic nitrogens is 1. The molecule has 34 heavy (non-hydrogen) atoms. The molecule has 1 aliphatic rings. The molecule has 2 aromatic carbocycles. The molecule has 3 aromatic rings. The second-order valence-corrected chi connectivity index (χ2v) is 7.41. The Bertz CT molecular complexity index is 1160. The Morgan fingerprint density at radius 2 is 2.00 bits per heavy atom. The minimum absolute atomic E-state index is 0.0128. The van der Waals surface area contributed by atoms with E-state index in [1.807, 2.05) is 32.0 Å². The zero-order valence-electron chi connectivity index (χ0n) is 19.4. The molecule has 0 saturated carbocycles. The smallest absolute Gasteiger partial charge is 0.248 e. The van der Waals surface area contributed by atoms with E-state index in [1.54, 1.807) is 48.5 Å². The largest absolute Gasteiger partial charge is 0.454 e. The highest BCUT2D eigenvalue weighted by Gasteiger charge is 2.25. The van der Waals surface area contributed by atoms with Crippen molar-refractivity contribution in [2.75, 3.05) is 25.6 Å². The normalized spacial score (nSPS) is 15.1. The first-order chi connectivity index (χ1) is 16.5. The lowest BCUT2D eigenvalue weighted by Gasteiger charge is -2.32. The third-order valence-electron chi connectivity index (χ3n) is 5.22. The predicted molar refractivity (Wildman–Crippen MR) is 128 cm³/mol. The Morgan fingerprint density at radius 1 is 1.24 bits per heavy atom. The molecule has 7 nitrogen and oxygen atoms in total. The van der Waals surface area contributed by atoms with Crippen molar-refractivity contribution < 1.29 is 18.7 Å². The quantitative estimate of drug-likeness (QED) is 0.551. The summed E-state index contributed by atoms with van der Waals surface area (Å²) < 4.78 is 25.6. The fraction of sp³-hybridized carbons (Fsp3) is 0.269. The van der Waals surface area contributed by atoms with Crippen LogP contribution in [0.3, 0.4) is 0 Å². The Morgan fingerprint density at radius 3 is 2.71 bits per heavy atom. The molecule has 8 heteroatoms. The molecule has 1 amide bonds. The van der Waals surface area contributed by atoms with Crippen LogP contribution in [0.5, 0.6) is 11.5 Å². The first kappa shape index (κ1) is 24.7. The maximum Gasteiger partial charge on any atom is 0.248 e. The fourth-order valence-corrected chi connectivity index (χ4v) is 3.38. The molecule has 1 fully saturated rings. The van der Waals surface area contributed by atoms with Crippen LogP contribution in [0, 0.1) is 17.1 Å². The summed E-state index contributed by atoms with van der Waals surface area (Å²) in [4.78, 5) is 17.6. The van der Waals surface area contributed by atoms with Crippen molar-refractivity contribution in [2.45, 2.75) is 26.3 Å². The van der Waals surface area contributed by atoms with Gasteiger partial charge in [-0.1, -0.05) is 26.0 Å². The van der Waals surface area contributed by atoms with Crippen molar-refractivity contribution in [2.24, 2.45) is 0 Å². The highest BCUT2D eigenvalue weighted by molar-refractivity contribution is 5.78. The third kappa shape index (κ3) is 6.09. The number of nitriles is 1. The standard InChI is InChI=1S/C24H21FN4O3.C2H6/c1-29-19(14-31-15-23(29)30)11-16-4-7-20(8-5-16)32-22-9-6-18(12-21(22)25)28-24-17(13-26)3-2-10-27-24;1-2/h2-10,12,19H,11,14-15H2,1H3,(H,27,28);1-2H3. The predicted octanol–water partition coefficient (Wildman–Crippen LogP) is 5.05. The molecule has 1 atom stereocenters. The monoisotopic (exact) mass is 462 g/mol. The van der Waals surface area contributed by atoms with E-state index in [1.165, 1.54) is 12.1 Å². The number of hydrogen-bond acceptors (Lipinski definition) is 6. The Balaban J connectivity index is 0.00000158. The van der Waals surface area contributed by atoms with Crippen molar-refractivity contribution in [1.82, 2.24) is 9.88 Å². The van der Waals surface area contributed by atoms with Gasteiger partial charge in [-0.25, -0.2) is 9.37 Å². The summed E-state index contributed by atoms with van der Waals surface area (Å²) in [5.41, 5.74) is 1.84. The molecule has 0 spiro atoms. The third-order valence-corrected chi connectivity index (χ3v) is 5.22. The number of carbonyl (C=O) groups is 1. The highest BCUT2D eigenvalue weighted by Crippen LogP contribution is 2.28. The summed E-state index contributed by atoms with van der Waals surface area (Å²) in [5, 5.41) is 12.1. The number of hydrogen-bond donors (Lipinski definition) is 1. The molecule has 0 radical (unpaired) electrons. The van der Waals surface area contributed by atoms with Crippen LogP contribution in [0.15, 0.2) is 60.8 Å². The van der Waals surface area contributed by atoms with E-state index in [2.05, 4.69) is 10.3 Å². The first-order valence-corrected chi connectivity index (χ1v) is 11.1. The number of anilines is 2. The second-order valence-electron chi connectivity index (χ2n) is 7.41. The van der Waals surface area contributed by atoms with Gasteiger partial charge in [-0.2, -0.15) is 5.26 Å². The maximum atomic E-state index is 14.6. The van der Waals surface area contributed by atoms with Crippen LogP contribution in [-0.4, -0.2) is 42.1 Å². The number of pyridine rings is 1. The molecule has 1 unspecified atom stereocenters. The number of benzene rings is 2. The van der Waals surface area contributed by atoms with Crippen molar-refractivity contribution in [1.29, 1.82) is 5.26 Å². The van der Waals surface area contributed by atoms with Crippen molar-refractivity contribution in [3.8, 4) is 17.6 Å².